The summed E-state index contributed by atoms with van der Waals surface area (Å²) in [5.41, 5.74) is 0. The van der Waals surface area contributed by atoms with Crippen molar-refractivity contribution in [3.05, 3.63) is 17.8 Å². The zero-order chi connectivity index (χ0) is 7.56. The van der Waals surface area contributed by atoms with Gasteiger partial charge in [0, 0.05) is 13.3 Å². The van der Waals surface area contributed by atoms with Crippen LogP contribution in [0.4, 0.5) is 0 Å². The lowest BCUT2D eigenvalue weighted by molar-refractivity contribution is 0.447. The Morgan fingerprint density at radius 1 is 1.60 bits per heavy atom. The number of aryl methyl sites for hydroxylation is 1. The van der Waals surface area contributed by atoms with Crippen molar-refractivity contribution in [2.24, 2.45) is 5.92 Å². The molecule has 1 heterocycles. The molecule has 0 aliphatic heterocycles. The van der Waals surface area contributed by atoms with Gasteiger partial charge in [-0.15, -0.1) is 0 Å². The molecule has 56 valence electrons. The van der Waals surface area contributed by atoms with Crippen LogP contribution >= 0.6 is 0 Å². The summed E-state index contributed by atoms with van der Waals surface area (Å²) >= 11 is 0. The second-order valence-electron chi connectivity index (χ2n) is 2.94. The van der Waals surface area contributed by atoms with Crippen molar-refractivity contribution in [1.82, 2.24) is 4.98 Å². The second kappa shape index (κ2) is 2.86. The van der Waals surface area contributed by atoms with Gasteiger partial charge in [0.1, 0.15) is 5.76 Å². The summed E-state index contributed by atoms with van der Waals surface area (Å²) in [7, 11) is 0. The van der Waals surface area contributed by atoms with Crippen molar-refractivity contribution in [3.8, 4) is 0 Å². The summed E-state index contributed by atoms with van der Waals surface area (Å²) in [6, 6.07) is 0. The van der Waals surface area contributed by atoms with E-state index in [0.29, 0.717) is 5.92 Å². The number of rotatable bonds is 2. The van der Waals surface area contributed by atoms with Gasteiger partial charge in [0.2, 0.25) is 0 Å². The molecule has 10 heavy (non-hydrogen) atoms. The Morgan fingerprint density at radius 2 is 2.30 bits per heavy atom. The monoisotopic (exact) mass is 139 g/mol. The van der Waals surface area contributed by atoms with Crippen LogP contribution in [0.15, 0.2) is 10.6 Å². The summed E-state index contributed by atoms with van der Waals surface area (Å²) in [6.07, 6.45) is 2.79. The maximum Gasteiger partial charge on any atom is 0.191 e. The fourth-order valence-corrected chi connectivity index (χ4v) is 0.902. The molecule has 2 heteroatoms. The molecule has 2 nitrogen and oxygen atoms in total. The van der Waals surface area contributed by atoms with E-state index in [1.165, 1.54) is 0 Å². The Balaban J connectivity index is 2.58. The third-order valence-electron chi connectivity index (χ3n) is 1.28. The van der Waals surface area contributed by atoms with Crippen molar-refractivity contribution >= 4 is 0 Å². The van der Waals surface area contributed by atoms with Gasteiger partial charge >= 0.3 is 0 Å². The molecule has 0 radical (unpaired) electrons. The highest BCUT2D eigenvalue weighted by Gasteiger charge is 2.01. The fraction of sp³-hybridized carbons (Fsp3) is 0.625. The molecule has 0 unspecified atom stereocenters. The van der Waals surface area contributed by atoms with Crippen molar-refractivity contribution in [1.29, 1.82) is 0 Å². The van der Waals surface area contributed by atoms with E-state index in [2.05, 4.69) is 18.8 Å². The Bertz CT molecular complexity index is 203. The number of aromatic nitrogens is 1. The maximum absolute atomic E-state index is 5.28. The minimum Gasteiger partial charge on any atom is -0.446 e. The van der Waals surface area contributed by atoms with E-state index in [1.54, 1.807) is 6.20 Å². The topological polar surface area (TPSA) is 26.0 Å². The van der Waals surface area contributed by atoms with E-state index in [4.69, 9.17) is 4.42 Å². The maximum atomic E-state index is 5.28. The van der Waals surface area contributed by atoms with E-state index in [1.807, 2.05) is 6.92 Å². The van der Waals surface area contributed by atoms with Crippen molar-refractivity contribution in [2.45, 2.75) is 27.2 Å². The first kappa shape index (κ1) is 7.32. The first-order valence-corrected chi connectivity index (χ1v) is 3.60. The minimum atomic E-state index is 0.646. The normalized spacial score (nSPS) is 10.8. The molecule has 0 atom stereocenters. The average Bonchev–Trinajstić information content (AvgIpc) is 2.13. The molecular formula is C8H13NO. The largest absolute Gasteiger partial charge is 0.446 e. The predicted molar refractivity (Wildman–Crippen MR) is 39.8 cm³/mol. The summed E-state index contributed by atoms with van der Waals surface area (Å²) < 4.78 is 5.28. The quantitative estimate of drug-likeness (QED) is 0.627. The lowest BCUT2D eigenvalue weighted by atomic mass is 10.1. The molecule has 0 spiro atoms. The third-order valence-corrected chi connectivity index (χ3v) is 1.28. The van der Waals surface area contributed by atoms with Gasteiger partial charge in [-0.25, -0.2) is 4.98 Å². The van der Waals surface area contributed by atoms with Gasteiger partial charge in [-0.05, 0) is 5.92 Å². The summed E-state index contributed by atoms with van der Waals surface area (Å²) in [5, 5.41) is 0. The third kappa shape index (κ3) is 1.87. The molecule has 1 aromatic heterocycles. The van der Waals surface area contributed by atoms with Gasteiger partial charge in [-0.1, -0.05) is 13.8 Å². The second-order valence-corrected chi connectivity index (χ2v) is 2.94. The molecule has 0 bridgehead atoms. The van der Waals surface area contributed by atoms with Gasteiger partial charge in [-0.3, -0.25) is 0 Å². The zero-order valence-corrected chi connectivity index (χ0v) is 6.72. The average molecular weight is 139 g/mol. The van der Waals surface area contributed by atoms with Gasteiger partial charge in [-0.2, -0.15) is 0 Å². The van der Waals surface area contributed by atoms with E-state index in [9.17, 15) is 0 Å². The summed E-state index contributed by atoms with van der Waals surface area (Å²) in [5.74, 6) is 2.40. The molecule has 0 aliphatic rings. The smallest absolute Gasteiger partial charge is 0.191 e. The summed E-state index contributed by atoms with van der Waals surface area (Å²) in [6.45, 7) is 6.19. The van der Waals surface area contributed by atoms with Crippen LogP contribution in [-0.4, -0.2) is 4.98 Å². The van der Waals surface area contributed by atoms with Gasteiger partial charge in [0.05, 0.1) is 6.20 Å². The molecule has 0 saturated heterocycles. The van der Waals surface area contributed by atoms with Gasteiger partial charge in [0.25, 0.3) is 0 Å². The van der Waals surface area contributed by atoms with Gasteiger partial charge < -0.3 is 4.42 Å². The predicted octanol–water partition coefficient (Wildman–Crippen LogP) is 2.18. The highest BCUT2D eigenvalue weighted by Crippen LogP contribution is 2.08. The fourth-order valence-electron chi connectivity index (χ4n) is 0.902. The number of nitrogens with zero attached hydrogens (tertiary/aromatic N) is 1. The standard InChI is InChI=1S/C8H13NO/c1-6(2)4-8-5-9-7(3)10-8/h5-6H,4H2,1-3H3. The van der Waals surface area contributed by atoms with Gasteiger partial charge in [0.15, 0.2) is 5.89 Å². The Morgan fingerprint density at radius 3 is 2.70 bits per heavy atom. The lowest BCUT2D eigenvalue weighted by Crippen LogP contribution is -1.90. The minimum absolute atomic E-state index is 0.646. The highest BCUT2D eigenvalue weighted by atomic mass is 16.3. The van der Waals surface area contributed by atoms with Crippen LogP contribution in [0.3, 0.4) is 0 Å². The highest BCUT2D eigenvalue weighted by molar-refractivity contribution is 4.93. The van der Waals surface area contributed by atoms with Crippen LogP contribution in [0.2, 0.25) is 0 Å². The van der Waals surface area contributed by atoms with Crippen molar-refractivity contribution < 1.29 is 4.42 Å². The Labute approximate surface area is 61.3 Å². The molecule has 0 aliphatic carbocycles. The SMILES string of the molecule is Cc1ncc(CC(C)C)o1. The van der Waals surface area contributed by atoms with Crippen LogP contribution in [0, 0.1) is 12.8 Å². The van der Waals surface area contributed by atoms with Crippen LogP contribution in [0.1, 0.15) is 25.5 Å². The molecule has 0 amide bonds. The van der Waals surface area contributed by atoms with Crippen LogP contribution < -0.4 is 0 Å². The Hall–Kier alpha value is -0.790. The van der Waals surface area contributed by atoms with E-state index < -0.39 is 0 Å². The van der Waals surface area contributed by atoms with Crippen LogP contribution in [-0.2, 0) is 6.42 Å². The first-order chi connectivity index (χ1) is 4.68. The Kier molecular flexibility index (Phi) is 2.10. The van der Waals surface area contributed by atoms with Crippen molar-refractivity contribution in [2.75, 3.05) is 0 Å². The van der Waals surface area contributed by atoms with Crippen LogP contribution in [0.25, 0.3) is 0 Å². The molecular weight excluding hydrogens is 126 g/mol. The number of oxazole rings is 1. The number of hydrogen-bond donors (Lipinski definition) is 0. The van der Waals surface area contributed by atoms with E-state index >= 15 is 0 Å². The molecule has 0 aromatic carbocycles. The van der Waals surface area contributed by atoms with Crippen molar-refractivity contribution in [3.63, 3.8) is 0 Å². The first-order valence-electron chi connectivity index (χ1n) is 3.60. The van der Waals surface area contributed by atoms with Crippen LogP contribution in [0.5, 0.6) is 0 Å². The molecule has 1 aromatic rings. The molecule has 1 rings (SSSR count). The lowest BCUT2D eigenvalue weighted by Gasteiger charge is -1.97. The summed E-state index contributed by atoms with van der Waals surface area (Å²) in [4.78, 5) is 4.00. The number of hydrogen-bond acceptors (Lipinski definition) is 2. The van der Waals surface area contributed by atoms with E-state index in [-0.39, 0.29) is 0 Å². The molecule has 0 N–H and O–H groups in total. The molecule has 0 saturated carbocycles. The molecule has 0 fully saturated rings. The zero-order valence-electron chi connectivity index (χ0n) is 6.72. The van der Waals surface area contributed by atoms with E-state index in [0.717, 1.165) is 18.1 Å².